The molecule has 0 saturated heterocycles. The predicted octanol–water partition coefficient (Wildman–Crippen LogP) is 1.74. The van der Waals surface area contributed by atoms with Gasteiger partial charge in [0, 0.05) is 0 Å². The van der Waals surface area contributed by atoms with Gasteiger partial charge in [-0.2, -0.15) is 5.26 Å². The summed E-state index contributed by atoms with van der Waals surface area (Å²) in [5, 5.41) is 18.3. The third-order valence-electron chi connectivity index (χ3n) is 1.91. The Morgan fingerprint density at radius 2 is 2.45 bits per heavy atom. The van der Waals surface area contributed by atoms with Crippen molar-refractivity contribution in [3.05, 3.63) is 12.2 Å². The van der Waals surface area contributed by atoms with Crippen molar-refractivity contribution in [3.8, 4) is 6.07 Å². The van der Waals surface area contributed by atoms with E-state index in [4.69, 9.17) is 5.26 Å². The Kier molecular flexibility index (Phi) is 2.69. The van der Waals surface area contributed by atoms with E-state index in [9.17, 15) is 5.11 Å². The molecule has 0 spiro atoms. The van der Waals surface area contributed by atoms with Crippen LogP contribution in [0.1, 0.15) is 19.3 Å². The normalized spacial score (nSPS) is 32.8. The lowest BCUT2D eigenvalue weighted by Crippen LogP contribution is -2.36. The molecule has 0 fully saturated rings. The van der Waals surface area contributed by atoms with Gasteiger partial charge in [-0.05, 0) is 19.3 Å². The molecule has 11 heavy (non-hydrogen) atoms. The van der Waals surface area contributed by atoms with Crippen LogP contribution in [0.3, 0.4) is 0 Å². The summed E-state index contributed by atoms with van der Waals surface area (Å²) < 4.78 is 0. The molecular formula is C8H10BrNO. The van der Waals surface area contributed by atoms with E-state index in [1.54, 1.807) is 6.08 Å². The van der Waals surface area contributed by atoms with Crippen LogP contribution in [0.5, 0.6) is 0 Å². The quantitative estimate of drug-likeness (QED) is 0.536. The van der Waals surface area contributed by atoms with Crippen LogP contribution in [0.25, 0.3) is 0 Å². The SMILES string of the molecule is N#CC(Br)C1(O)C=CCCC1. The number of rotatable bonds is 1. The zero-order valence-electron chi connectivity index (χ0n) is 6.13. The highest BCUT2D eigenvalue weighted by molar-refractivity contribution is 9.09. The van der Waals surface area contributed by atoms with Crippen LogP contribution in [0.15, 0.2) is 12.2 Å². The summed E-state index contributed by atoms with van der Waals surface area (Å²) in [4.78, 5) is -0.480. The third kappa shape index (κ3) is 1.82. The minimum absolute atomic E-state index is 0.480. The molecule has 1 rings (SSSR count). The Morgan fingerprint density at radius 1 is 1.73 bits per heavy atom. The maximum Gasteiger partial charge on any atom is 0.133 e. The second-order valence-corrected chi connectivity index (χ2v) is 3.69. The molecule has 1 aliphatic rings. The highest BCUT2D eigenvalue weighted by Gasteiger charge is 2.33. The minimum Gasteiger partial charge on any atom is -0.384 e. The Hall–Kier alpha value is -0.330. The van der Waals surface area contributed by atoms with Crippen molar-refractivity contribution in [2.45, 2.75) is 29.7 Å². The number of nitrogens with zero attached hydrogens (tertiary/aromatic N) is 1. The molecule has 3 heteroatoms. The molecule has 0 aromatic heterocycles. The van der Waals surface area contributed by atoms with Gasteiger partial charge in [-0.1, -0.05) is 28.1 Å². The smallest absolute Gasteiger partial charge is 0.133 e. The van der Waals surface area contributed by atoms with Gasteiger partial charge in [-0.3, -0.25) is 0 Å². The van der Waals surface area contributed by atoms with Gasteiger partial charge in [-0.15, -0.1) is 0 Å². The summed E-state index contributed by atoms with van der Waals surface area (Å²) in [6.07, 6.45) is 6.28. The van der Waals surface area contributed by atoms with E-state index in [-0.39, 0.29) is 0 Å². The second-order valence-electron chi connectivity index (χ2n) is 2.78. The molecule has 2 unspecified atom stereocenters. The first-order valence-corrected chi connectivity index (χ1v) is 4.54. The van der Waals surface area contributed by atoms with Crippen LogP contribution in [-0.2, 0) is 0 Å². The largest absolute Gasteiger partial charge is 0.384 e. The fourth-order valence-corrected chi connectivity index (χ4v) is 1.58. The lowest BCUT2D eigenvalue weighted by molar-refractivity contribution is 0.0863. The Balaban J connectivity index is 2.73. The molecule has 0 aliphatic heterocycles. The minimum atomic E-state index is -0.938. The van der Waals surface area contributed by atoms with E-state index >= 15 is 0 Å². The zero-order chi connectivity index (χ0) is 8.32. The van der Waals surface area contributed by atoms with Gasteiger partial charge in [0.25, 0.3) is 0 Å². The van der Waals surface area contributed by atoms with Crippen molar-refractivity contribution in [1.82, 2.24) is 0 Å². The number of halogens is 1. The molecule has 0 amide bonds. The molecule has 0 radical (unpaired) electrons. The lowest BCUT2D eigenvalue weighted by Gasteiger charge is -2.28. The van der Waals surface area contributed by atoms with Gasteiger partial charge in [0.1, 0.15) is 10.4 Å². The van der Waals surface area contributed by atoms with E-state index in [1.165, 1.54) is 0 Å². The van der Waals surface area contributed by atoms with E-state index < -0.39 is 10.4 Å². The van der Waals surface area contributed by atoms with Crippen LogP contribution in [-0.4, -0.2) is 15.5 Å². The van der Waals surface area contributed by atoms with Crippen LogP contribution in [0.2, 0.25) is 0 Å². The summed E-state index contributed by atoms with van der Waals surface area (Å²) in [7, 11) is 0. The van der Waals surface area contributed by atoms with Crippen molar-refractivity contribution in [1.29, 1.82) is 5.26 Å². The number of hydrogen-bond donors (Lipinski definition) is 1. The van der Waals surface area contributed by atoms with Crippen LogP contribution in [0, 0.1) is 11.3 Å². The molecule has 2 atom stereocenters. The van der Waals surface area contributed by atoms with Gasteiger partial charge < -0.3 is 5.11 Å². The fourth-order valence-electron chi connectivity index (χ4n) is 1.20. The third-order valence-corrected chi connectivity index (χ3v) is 2.90. The number of hydrogen-bond acceptors (Lipinski definition) is 2. The molecule has 0 aromatic carbocycles. The van der Waals surface area contributed by atoms with Crippen molar-refractivity contribution < 1.29 is 5.11 Å². The van der Waals surface area contributed by atoms with Gasteiger partial charge in [0.05, 0.1) is 6.07 Å². The molecule has 1 N–H and O–H groups in total. The molecule has 60 valence electrons. The van der Waals surface area contributed by atoms with Crippen LogP contribution in [0.4, 0.5) is 0 Å². The highest BCUT2D eigenvalue weighted by atomic mass is 79.9. The average molecular weight is 216 g/mol. The number of aliphatic hydroxyl groups is 1. The highest BCUT2D eigenvalue weighted by Crippen LogP contribution is 2.29. The van der Waals surface area contributed by atoms with Crippen molar-refractivity contribution in [2.75, 3.05) is 0 Å². The van der Waals surface area contributed by atoms with Gasteiger partial charge in [0.2, 0.25) is 0 Å². The van der Waals surface area contributed by atoms with Crippen molar-refractivity contribution in [2.24, 2.45) is 0 Å². The molecule has 0 saturated carbocycles. The summed E-state index contributed by atoms with van der Waals surface area (Å²) in [5.41, 5.74) is -0.938. The van der Waals surface area contributed by atoms with E-state index in [0.717, 1.165) is 12.8 Å². The van der Waals surface area contributed by atoms with Crippen molar-refractivity contribution >= 4 is 15.9 Å². The summed E-state index contributed by atoms with van der Waals surface area (Å²) in [6.45, 7) is 0. The van der Waals surface area contributed by atoms with Gasteiger partial charge in [0.15, 0.2) is 0 Å². The summed E-state index contributed by atoms with van der Waals surface area (Å²) in [5.74, 6) is 0. The molecule has 0 aromatic rings. The summed E-state index contributed by atoms with van der Waals surface area (Å²) >= 11 is 3.13. The number of nitriles is 1. The number of allylic oxidation sites excluding steroid dienone is 1. The maximum atomic E-state index is 9.78. The molecule has 0 bridgehead atoms. The Bertz CT molecular complexity index is 209. The van der Waals surface area contributed by atoms with Gasteiger partial charge in [-0.25, -0.2) is 0 Å². The summed E-state index contributed by atoms with van der Waals surface area (Å²) in [6, 6.07) is 1.99. The molecule has 2 nitrogen and oxygen atoms in total. The van der Waals surface area contributed by atoms with E-state index in [2.05, 4.69) is 15.9 Å². The maximum absolute atomic E-state index is 9.78. The lowest BCUT2D eigenvalue weighted by atomic mass is 9.89. The first-order valence-electron chi connectivity index (χ1n) is 3.63. The molecule has 1 aliphatic carbocycles. The topological polar surface area (TPSA) is 44.0 Å². The standard InChI is InChI=1S/C8H10BrNO/c9-7(6-10)8(11)4-2-1-3-5-8/h2,4,7,11H,1,3,5H2. The monoisotopic (exact) mass is 215 g/mol. The van der Waals surface area contributed by atoms with E-state index in [1.807, 2.05) is 12.1 Å². The van der Waals surface area contributed by atoms with Crippen LogP contribution < -0.4 is 0 Å². The predicted molar refractivity (Wildman–Crippen MR) is 46.3 cm³/mol. The molecular weight excluding hydrogens is 206 g/mol. The molecule has 0 heterocycles. The van der Waals surface area contributed by atoms with E-state index in [0.29, 0.717) is 6.42 Å². The Morgan fingerprint density at radius 3 is 2.91 bits per heavy atom. The first-order chi connectivity index (χ1) is 5.19. The zero-order valence-corrected chi connectivity index (χ0v) is 7.71. The van der Waals surface area contributed by atoms with Gasteiger partial charge >= 0.3 is 0 Å². The second kappa shape index (κ2) is 3.38. The van der Waals surface area contributed by atoms with Crippen LogP contribution >= 0.6 is 15.9 Å². The Labute approximate surface area is 74.7 Å². The number of alkyl halides is 1. The first kappa shape index (κ1) is 8.76. The van der Waals surface area contributed by atoms with Crippen molar-refractivity contribution in [3.63, 3.8) is 0 Å². The fraction of sp³-hybridized carbons (Fsp3) is 0.625. The average Bonchev–Trinajstić information content (AvgIpc) is 2.04.